The number of aromatic amines is 1. The van der Waals surface area contributed by atoms with Crippen LogP contribution in [0.5, 0.6) is 0 Å². The predicted octanol–water partition coefficient (Wildman–Crippen LogP) is -0.373. The number of aliphatic hydroxyl groups is 2. The van der Waals surface area contributed by atoms with Crippen molar-refractivity contribution in [2.24, 2.45) is 0 Å². The fraction of sp³-hybridized carbons (Fsp3) is 0.737. The Kier molecular flexibility index (Phi) is 6.62. The maximum absolute atomic E-state index is 12.7. The minimum atomic E-state index is -5.00. The molecule has 0 saturated carbocycles. The molecular weight excluding hydrogens is 487 g/mol. The number of H-pyrrole nitrogens is 1. The molecule has 4 heterocycles. The zero-order chi connectivity index (χ0) is 25.9. The zero-order valence-electron chi connectivity index (χ0n) is 19.7. The first kappa shape index (κ1) is 26.1. The summed E-state index contributed by atoms with van der Waals surface area (Å²) in [7, 11) is -5.00. The molecule has 2 aliphatic heterocycles. The fourth-order valence-electron chi connectivity index (χ4n) is 5.12. The lowest BCUT2D eigenvalue weighted by molar-refractivity contribution is -0.288. The fourth-order valence-corrected chi connectivity index (χ4v) is 5.70. The lowest BCUT2D eigenvalue weighted by atomic mass is 9.79. The van der Waals surface area contributed by atoms with E-state index in [2.05, 4.69) is 24.8 Å². The summed E-state index contributed by atoms with van der Waals surface area (Å²) in [6, 6.07) is -0.185. The van der Waals surface area contributed by atoms with E-state index in [0.29, 0.717) is 12.8 Å². The van der Waals surface area contributed by atoms with Crippen LogP contribution in [0.15, 0.2) is 11.1 Å². The molecule has 1 radical (unpaired) electrons. The SMILES string of the molecule is CC1(C)CC(Nc2nc3c(ncn3[C@@H]3O[C@H](CO)[C@@H](OP(=O)(O)O)[C@H]3O)c(=O)[nH]2)CC(C)(C)N1[O]. The Morgan fingerprint density at radius 3 is 2.49 bits per heavy atom. The number of piperidine rings is 1. The Morgan fingerprint density at radius 1 is 1.29 bits per heavy atom. The van der Waals surface area contributed by atoms with E-state index in [4.69, 9.17) is 14.5 Å². The molecule has 4 atom stereocenters. The summed E-state index contributed by atoms with van der Waals surface area (Å²) in [5.41, 5.74) is -1.89. The van der Waals surface area contributed by atoms with Crippen molar-refractivity contribution in [1.82, 2.24) is 24.6 Å². The Morgan fingerprint density at radius 2 is 1.91 bits per heavy atom. The summed E-state index contributed by atoms with van der Waals surface area (Å²) in [5.74, 6) is 0.120. The van der Waals surface area contributed by atoms with E-state index in [-0.39, 0.29) is 23.2 Å². The molecule has 195 valence electrons. The lowest BCUT2D eigenvalue weighted by Gasteiger charge is -2.50. The maximum Gasteiger partial charge on any atom is 0.470 e. The average Bonchev–Trinajstić information content (AvgIpc) is 3.26. The van der Waals surface area contributed by atoms with Crippen LogP contribution in [0.25, 0.3) is 11.2 Å². The first-order valence-corrected chi connectivity index (χ1v) is 12.6. The molecule has 0 aromatic carbocycles. The second-order valence-electron chi connectivity index (χ2n) is 10.2. The van der Waals surface area contributed by atoms with Gasteiger partial charge >= 0.3 is 7.82 Å². The summed E-state index contributed by atoms with van der Waals surface area (Å²) in [6.45, 7) is 6.69. The summed E-state index contributed by atoms with van der Waals surface area (Å²) in [5, 5.41) is 37.1. The Bertz CT molecular complexity index is 1180. The number of phosphoric ester groups is 1. The summed E-state index contributed by atoms with van der Waals surface area (Å²) in [6.07, 6.45) is -3.52. The Labute approximate surface area is 199 Å². The minimum absolute atomic E-state index is 0.0357. The highest BCUT2D eigenvalue weighted by molar-refractivity contribution is 7.46. The van der Waals surface area contributed by atoms with Crippen molar-refractivity contribution in [3.63, 3.8) is 0 Å². The van der Waals surface area contributed by atoms with Crippen molar-refractivity contribution in [1.29, 1.82) is 0 Å². The molecule has 2 aromatic heterocycles. The van der Waals surface area contributed by atoms with E-state index in [9.17, 15) is 24.8 Å². The summed E-state index contributed by atoms with van der Waals surface area (Å²) < 4.78 is 22.7. The van der Waals surface area contributed by atoms with Crippen molar-refractivity contribution in [2.75, 3.05) is 11.9 Å². The smallest absolute Gasteiger partial charge is 0.394 e. The third kappa shape index (κ3) is 5.01. The van der Waals surface area contributed by atoms with Gasteiger partial charge in [0.2, 0.25) is 5.95 Å². The van der Waals surface area contributed by atoms with Gasteiger partial charge in [-0.15, -0.1) is 10.3 Å². The van der Waals surface area contributed by atoms with Gasteiger partial charge in [0.1, 0.15) is 18.3 Å². The van der Waals surface area contributed by atoms with E-state index in [0.717, 1.165) is 5.06 Å². The number of aliphatic hydroxyl groups excluding tert-OH is 2. The number of aromatic nitrogens is 4. The summed E-state index contributed by atoms with van der Waals surface area (Å²) in [4.78, 5) is 42.1. The van der Waals surface area contributed by atoms with Crippen LogP contribution in [0, 0.1) is 0 Å². The highest BCUT2D eigenvalue weighted by Crippen LogP contribution is 2.44. The molecular formula is C19H30N6O9P. The minimum Gasteiger partial charge on any atom is -0.394 e. The molecule has 2 aromatic rings. The molecule has 0 spiro atoms. The van der Waals surface area contributed by atoms with Crippen molar-refractivity contribution in [3.8, 4) is 0 Å². The van der Waals surface area contributed by atoms with E-state index >= 15 is 0 Å². The molecule has 15 nitrogen and oxygen atoms in total. The van der Waals surface area contributed by atoms with Gasteiger partial charge in [0.05, 0.1) is 12.9 Å². The van der Waals surface area contributed by atoms with Gasteiger partial charge in [-0.25, -0.2) is 9.55 Å². The maximum atomic E-state index is 12.7. The number of hydroxylamine groups is 2. The van der Waals surface area contributed by atoms with Crippen LogP contribution in [0.4, 0.5) is 5.95 Å². The lowest BCUT2D eigenvalue weighted by Crippen LogP contribution is -2.60. The van der Waals surface area contributed by atoms with Gasteiger partial charge in [-0.2, -0.15) is 4.98 Å². The van der Waals surface area contributed by atoms with Gasteiger partial charge in [0.25, 0.3) is 5.56 Å². The number of rotatable bonds is 6. The molecule has 0 unspecified atom stereocenters. The van der Waals surface area contributed by atoms with Crippen LogP contribution in [-0.4, -0.2) is 86.6 Å². The van der Waals surface area contributed by atoms with Crippen molar-refractivity contribution in [2.45, 2.75) is 82.2 Å². The topological polar surface area (TPSA) is 215 Å². The van der Waals surface area contributed by atoms with Crippen LogP contribution in [-0.2, 0) is 19.0 Å². The Hall–Kier alpha value is -1.94. The second kappa shape index (κ2) is 8.87. The first-order valence-electron chi connectivity index (χ1n) is 11.0. The largest absolute Gasteiger partial charge is 0.470 e. The number of hydrogen-bond acceptors (Lipinski definition) is 10. The molecule has 0 bridgehead atoms. The predicted molar refractivity (Wildman–Crippen MR) is 119 cm³/mol. The number of anilines is 1. The third-order valence-corrected chi connectivity index (χ3v) is 6.91. The molecule has 2 saturated heterocycles. The van der Waals surface area contributed by atoms with Gasteiger partial charge in [-0.05, 0) is 40.5 Å². The van der Waals surface area contributed by atoms with Gasteiger partial charge < -0.3 is 30.1 Å². The third-order valence-electron chi connectivity index (χ3n) is 6.39. The molecule has 6 N–H and O–H groups in total. The standard InChI is InChI=1S/C19H30N6O9P/c1-18(2)5-9(6-19(3,4)25(18)29)21-17-22-14-11(15(28)23-17)20-8-24(14)16-12(27)13(10(7-26)33-16)34-35(30,31)32/h8-10,12-13,16,26-27H,5-7H2,1-4H3,(H2,30,31,32)(H2,21,22,23,28)/t10-,12-,13-,16-/m1/s1. The number of nitrogens with zero attached hydrogens (tertiary/aromatic N) is 4. The van der Waals surface area contributed by atoms with Gasteiger partial charge in [-0.3, -0.25) is 18.9 Å². The number of phosphoric acid groups is 1. The molecule has 0 amide bonds. The van der Waals surface area contributed by atoms with Crippen LogP contribution >= 0.6 is 7.82 Å². The van der Waals surface area contributed by atoms with Gasteiger partial charge in [0, 0.05) is 17.1 Å². The Balaban J connectivity index is 1.65. The molecule has 2 fully saturated rings. The highest BCUT2D eigenvalue weighted by atomic mass is 31.2. The number of imidazole rings is 1. The zero-order valence-corrected chi connectivity index (χ0v) is 20.5. The average molecular weight is 517 g/mol. The number of hydrogen-bond donors (Lipinski definition) is 6. The second-order valence-corrected chi connectivity index (χ2v) is 11.4. The molecule has 2 aliphatic rings. The number of fused-ring (bicyclic) bond motifs is 1. The monoisotopic (exact) mass is 517 g/mol. The van der Waals surface area contributed by atoms with Crippen molar-refractivity contribution < 1.29 is 39.0 Å². The van der Waals surface area contributed by atoms with Crippen LogP contribution in [0.1, 0.15) is 46.8 Å². The van der Waals surface area contributed by atoms with Crippen LogP contribution in [0.3, 0.4) is 0 Å². The van der Waals surface area contributed by atoms with Crippen molar-refractivity contribution >= 4 is 24.9 Å². The van der Waals surface area contributed by atoms with Crippen LogP contribution < -0.4 is 10.9 Å². The number of nitrogens with one attached hydrogen (secondary N) is 2. The molecule has 35 heavy (non-hydrogen) atoms. The quantitative estimate of drug-likeness (QED) is 0.271. The van der Waals surface area contributed by atoms with E-state index in [1.807, 2.05) is 27.7 Å². The van der Waals surface area contributed by atoms with Gasteiger partial charge in [0.15, 0.2) is 17.4 Å². The van der Waals surface area contributed by atoms with Gasteiger partial charge in [-0.1, -0.05) is 0 Å². The molecule has 16 heteroatoms. The normalized spacial score (nSPS) is 29.6. The summed E-state index contributed by atoms with van der Waals surface area (Å²) >= 11 is 0. The number of ether oxygens (including phenoxy) is 1. The van der Waals surface area contributed by atoms with E-state index in [1.54, 1.807) is 0 Å². The van der Waals surface area contributed by atoms with Crippen LogP contribution in [0.2, 0.25) is 0 Å². The van der Waals surface area contributed by atoms with E-state index < -0.39 is 55.6 Å². The van der Waals surface area contributed by atoms with E-state index in [1.165, 1.54) is 10.9 Å². The molecule has 0 aliphatic carbocycles. The highest BCUT2D eigenvalue weighted by Gasteiger charge is 2.49. The molecule has 4 rings (SSSR count). The van der Waals surface area contributed by atoms with Crippen molar-refractivity contribution in [3.05, 3.63) is 16.7 Å². The first-order chi connectivity index (χ1) is 16.1.